The summed E-state index contributed by atoms with van der Waals surface area (Å²) in [4.78, 5) is 11.9. The normalized spacial score (nSPS) is 12.4. The molecule has 0 aliphatic carbocycles. The molecule has 0 aromatic heterocycles. The first-order chi connectivity index (χ1) is 10.8. The van der Waals surface area contributed by atoms with Crippen LogP contribution in [-0.4, -0.2) is 38.6 Å². The number of hydrogen-bond acceptors (Lipinski definition) is 5. The summed E-state index contributed by atoms with van der Waals surface area (Å²) in [5.74, 6) is 0.563. The molecule has 1 rings (SSSR count). The zero-order chi connectivity index (χ0) is 17.5. The summed E-state index contributed by atoms with van der Waals surface area (Å²) in [5, 5.41) is 6.07. The van der Waals surface area contributed by atoms with Gasteiger partial charge >= 0.3 is 6.09 Å². The van der Waals surface area contributed by atoms with Gasteiger partial charge in [0.25, 0.3) is 0 Å². The number of carbonyl (C=O) groups excluding carboxylic acids is 1. The minimum absolute atomic E-state index is 0.217. The van der Waals surface area contributed by atoms with Crippen LogP contribution >= 0.6 is 0 Å². The molecule has 0 radical (unpaired) electrons. The Morgan fingerprint density at radius 3 is 2.48 bits per heavy atom. The summed E-state index contributed by atoms with van der Waals surface area (Å²) >= 11 is 0. The standard InChI is InChI=1S/C17H28N2O4/c1-7-12(11-21-5)18-13-8-9-14(15(10-13)22-6)19-16(20)23-17(2,3)4/h8-10,12,18H,7,11H2,1-6H3,(H,19,20). The highest BCUT2D eigenvalue weighted by molar-refractivity contribution is 5.87. The summed E-state index contributed by atoms with van der Waals surface area (Å²) in [6.45, 7) is 8.16. The second-order valence-corrected chi connectivity index (χ2v) is 6.25. The number of anilines is 2. The van der Waals surface area contributed by atoms with Crippen LogP contribution in [0.15, 0.2) is 18.2 Å². The number of methoxy groups -OCH3 is 2. The van der Waals surface area contributed by atoms with Crippen molar-refractivity contribution in [1.82, 2.24) is 0 Å². The molecular formula is C17H28N2O4. The van der Waals surface area contributed by atoms with Crippen molar-refractivity contribution in [1.29, 1.82) is 0 Å². The molecule has 0 heterocycles. The van der Waals surface area contributed by atoms with Gasteiger partial charge in [0.05, 0.1) is 19.4 Å². The molecule has 0 bridgehead atoms. The first-order valence-electron chi connectivity index (χ1n) is 7.72. The summed E-state index contributed by atoms with van der Waals surface area (Å²) < 4.78 is 15.8. The third-order valence-corrected chi connectivity index (χ3v) is 3.07. The van der Waals surface area contributed by atoms with Gasteiger partial charge in [-0.1, -0.05) is 6.92 Å². The lowest BCUT2D eigenvalue weighted by molar-refractivity contribution is 0.0635. The minimum atomic E-state index is -0.548. The van der Waals surface area contributed by atoms with Gasteiger partial charge in [-0.15, -0.1) is 0 Å². The molecule has 6 nitrogen and oxygen atoms in total. The SMILES string of the molecule is CCC(COC)Nc1ccc(NC(=O)OC(C)(C)C)c(OC)c1. The van der Waals surface area contributed by atoms with E-state index >= 15 is 0 Å². The van der Waals surface area contributed by atoms with Crippen molar-refractivity contribution in [2.24, 2.45) is 0 Å². The topological polar surface area (TPSA) is 68.8 Å². The van der Waals surface area contributed by atoms with Crippen LogP contribution in [0.5, 0.6) is 5.75 Å². The lowest BCUT2D eigenvalue weighted by Crippen LogP contribution is -2.27. The third-order valence-electron chi connectivity index (χ3n) is 3.07. The molecule has 23 heavy (non-hydrogen) atoms. The van der Waals surface area contributed by atoms with Gasteiger partial charge in [0, 0.05) is 24.9 Å². The molecule has 0 saturated heterocycles. The van der Waals surface area contributed by atoms with Crippen LogP contribution < -0.4 is 15.4 Å². The third kappa shape index (κ3) is 6.78. The predicted octanol–water partition coefficient (Wildman–Crippen LogP) is 3.88. The molecule has 1 aromatic carbocycles. The monoisotopic (exact) mass is 324 g/mol. The zero-order valence-corrected chi connectivity index (χ0v) is 14.9. The highest BCUT2D eigenvalue weighted by atomic mass is 16.6. The van der Waals surface area contributed by atoms with Crippen LogP contribution in [0.1, 0.15) is 34.1 Å². The van der Waals surface area contributed by atoms with Crippen LogP contribution in [0.4, 0.5) is 16.2 Å². The smallest absolute Gasteiger partial charge is 0.412 e. The van der Waals surface area contributed by atoms with E-state index in [2.05, 4.69) is 17.6 Å². The van der Waals surface area contributed by atoms with E-state index in [1.807, 2.05) is 32.9 Å². The number of nitrogens with one attached hydrogen (secondary N) is 2. The van der Waals surface area contributed by atoms with Crippen molar-refractivity contribution in [3.63, 3.8) is 0 Å². The van der Waals surface area contributed by atoms with Crippen molar-refractivity contribution >= 4 is 17.5 Å². The number of benzene rings is 1. The Morgan fingerprint density at radius 2 is 1.96 bits per heavy atom. The minimum Gasteiger partial charge on any atom is -0.494 e. The maximum atomic E-state index is 11.9. The van der Waals surface area contributed by atoms with E-state index in [1.54, 1.807) is 20.3 Å². The fraction of sp³-hybridized carbons (Fsp3) is 0.588. The van der Waals surface area contributed by atoms with Crippen LogP contribution in [0.2, 0.25) is 0 Å². The molecule has 1 aromatic rings. The summed E-state index contributed by atoms with van der Waals surface area (Å²) in [5.41, 5.74) is 0.917. The molecule has 2 N–H and O–H groups in total. The van der Waals surface area contributed by atoms with E-state index in [1.165, 1.54) is 0 Å². The van der Waals surface area contributed by atoms with Crippen molar-refractivity contribution in [3.05, 3.63) is 18.2 Å². The second kappa shape index (κ2) is 8.62. The number of amides is 1. The molecule has 130 valence electrons. The van der Waals surface area contributed by atoms with E-state index < -0.39 is 11.7 Å². The Labute approximate surface area is 138 Å². The summed E-state index contributed by atoms with van der Waals surface area (Å²) in [6.07, 6.45) is 0.427. The summed E-state index contributed by atoms with van der Waals surface area (Å²) in [6, 6.07) is 5.72. The van der Waals surface area contributed by atoms with Crippen molar-refractivity contribution < 1.29 is 19.0 Å². The molecule has 1 atom stereocenters. The Balaban J connectivity index is 2.81. The Kier molecular flexibility index (Phi) is 7.16. The fourth-order valence-corrected chi connectivity index (χ4v) is 2.00. The molecule has 0 saturated carbocycles. The highest BCUT2D eigenvalue weighted by Gasteiger charge is 2.18. The Morgan fingerprint density at radius 1 is 1.26 bits per heavy atom. The molecule has 0 spiro atoms. The van der Waals surface area contributed by atoms with E-state index in [4.69, 9.17) is 14.2 Å². The Hall–Kier alpha value is -1.95. The van der Waals surface area contributed by atoms with Crippen molar-refractivity contribution in [2.45, 2.75) is 45.8 Å². The molecule has 6 heteroatoms. The van der Waals surface area contributed by atoms with Crippen LogP contribution in [-0.2, 0) is 9.47 Å². The van der Waals surface area contributed by atoms with Crippen molar-refractivity contribution in [3.8, 4) is 5.75 Å². The summed E-state index contributed by atoms with van der Waals surface area (Å²) in [7, 11) is 3.24. The molecule has 0 fully saturated rings. The van der Waals surface area contributed by atoms with Gasteiger partial charge in [0.2, 0.25) is 0 Å². The van der Waals surface area contributed by atoms with Gasteiger partial charge in [0.1, 0.15) is 11.4 Å². The second-order valence-electron chi connectivity index (χ2n) is 6.25. The molecule has 1 unspecified atom stereocenters. The maximum Gasteiger partial charge on any atom is 0.412 e. The molecule has 0 aliphatic rings. The molecular weight excluding hydrogens is 296 g/mol. The zero-order valence-electron chi connectivity index (χ0n) is 14.9. The number of ether oxygens (including phenoxy) is 3. The maximum absolute atomic E-state index is 11.9. The van der Waals surface area contributed by atoms with Crippen LogP contribution in [0, 0.1) is 0 Å². The van der Waals surface area contributed by atoms with Crippen LogP contribution in [0.25, 0.3) is 0 Å². The van der Waals surface area contributed by atoms with E-state index in [9.17, 15) is 4.79 Å². The first-order valence-corrected chi connectivity index (χ1v) is 7.72. The first kappa shape index (κ1) is 19.1. The van der Waals surface area contributed by atoms with Crippen LogP contribution in [0.3, 0.4) is 0 Å². The molecule has 0 aliphatic heterocycles. The number of carbonyl (C=O) groups is 1. The van der Waals surface area contributed by atoms with Gasteiger partial charge in [0.15, 0.2) is 0 Å². The van der Waals surface area contributed by atoms with Gasteiger partial charge in [-0.2, -0.15) is 0 Å². The van der Waals surface area contributed by atoms with Crippen molar-refractivity contribution in [2.75, 3.05) is 31.5 Å². The quantitative estimate of drug-likeness (QED) is 0.796. The lowest BCUT2D eigenvalue weighted by Gasteiger charge is -2.21. The van der Waals surface area contributed by atoms with Gasteiger partial charge < -0.3 is 19.5 Å². The van der Waals surface area contributed by atoms with E-state index in [0.717, 1.165) is 12.1 Å². The lowest BCUT2D eigenvalue weighted by atomic mass is 10.2. The average Bonchev–Trinajstić information content (AvgIpc) is 2.46. The Bertz CT molecular complexity index is 512. The van der Waals surface area contributed by atoms with Gasteiger partial charge in [-0.05, 0) is 39.3 Å². The predicted molar refractivity (Wildman–Crippen MR) is 92.4 cm³/mol. The molecule has 1 amide bonds. The van der Waals surface area contributed by atoms with Gasteiger partial charge in [-0.3, -0.25) is 5.32 Å². The van der Waals surface area contributed by atoms with Gasteiger partial charge in [-0.25, -0.2) is 4.79 Å². The number of rotatable bonds is 7. The average molecular weight is 324 g/mol. The largest absolute Gasteiger partial charge is 0.494 e. The van der Waals surface area contributed by atoms with E-state index in [0.29, 0.717) is 18.0 Å². The number of hydrogen-bond donors (Lipinski definition) is 2. The fourth-order valence-electron chi connectivity index (χ4n) is 2.00. The highest BCUT2D eigenvalue weighted by Crippen LogP contribution is 2.29. The van der Waals surface area contributed by atoms with E-state index in [-0.39, 0.29) is 6.04 Å².